The molecule has 0 atom stereocenters. The molecular weight excluding hydrogens is 247 g/mol. The van der Waals surface area contributed by atoms with Crippen molar-refractivity contribution in [2.75, 3.05) is 11.9 Å². The molecule has 4 nitrogen and oxygen atoms in total. The highest BCUT2D eigenvalue weighted by Crippen LogP contribution is 2.17. The number of aromatic nitrogens is 1. The number of nitrogens with zero attached hydrogens (tertiary/aromatic N) is 1. The van der Waals surface area contributed by atoms with Crippen LogP contribution in [0.15, 0.2) is 18.3 Å². The van der Waals surface area contributed by atoms with E-state index in [9.17, 15) is 18.0 Å². The average molecular weight is 254 g/mol. The summed E-state index contributed by atoms with van der Waals surface area (Å²) in [5.41, 5.74) is 0. The molecule has 1 aromatic rings. The lowest BCUT2D eigenvalue weighted by molar-refractivity contribution is -0.122. The van der Waals surface area contributed by atoms with Gasteiger partial charge in [-0.05, 0) is 12.1 Å². The molecule has 0 spiro atoms. The smallest absolute Gasteiger partial charge is 0.329 e. The number of hydrogen-bond donors (Lipinski definition) is 2. The first-order chi connectivity index (χ1) is 7.38. The maximum absolute atomic E-state index is 11.7. The van der Waals surface area contributed by atoms with Crippen LogP contribution in [0.5, 0.6) is 0 Å². The van der Waals surface area contributed by atoms with Crippen LogP contribution in [0.25, 0.3) is 0 Å². The lowest BCUT2D eigenvalue weighted by Crippen LogP contribution is -2.36. The number of hydrogen-bond acceptors (Lipinski definition) is 2. The number of carbonyl (C=O) groups is 1. The van der Waals surface area contributed by atoms with Gasteiger partial charge in [0.2, 0.25) is 0 Å². The van der Waals surface area contributed by atoms with Gasteiger partial charge in [-0.2, -0.15) is 13.2 Å². The first-order valence-corrected chi connectivity index (χ1v) is 4.48. The van der Waals surface area contributed by atoms with E-state index in [1.165, 1.54) is 18.3 Å². The van der Waals surface area contributed by atoms with Gasteiger partial charge in [0.25, 0.3) is 0 Å². The number of alkyl halides is 3. The molecule has 0 fully saturated rings. The van der Waals surface area contributed by atoms with Gasteiger partial charge in [0.05, 0.1) is 5.02 Å². The molecule has 8 heteroatoms. The summed E-state index contributed by atoms with van der Waals surface area (Å²) >= 11 is 5.63. The van der Waals surface area contributed by atoms with Crippen molar-refractivity contribution >= 4 is 23.4 Å². The molecule has 0 saturated carbocycles. The maximum Gasteiger partial charge on any atom is 0.405 e. The van der Waals surface area contributed by atoms with E-state index in [-0.39, 0.29) is 10.8 Å². The highest BCUT2D eigenvalue weighted by Gasteiger charge is 2.27. The van der Waals surface area contributed by atoms with Gasteiger partial charge in [-0.15, -0.1) is 0 Å². The van der Waals surface area contributed by atoms with Crippen LogP contribution in [-0.2, 0) is 0 Å². The predicted molar refractivity (Wildman–Crippen MR) is 52.3 cm³/mol. The molecule has 88 valence electrons. The summed E-state index contributed by atoms with van der Waals surface area (Å²) in [7, 11) is 0. The normalized spacial score (nSPS) is 11.0. The minimum atomic E-state index is -4.45. The SMILES string of the molecule is O=C(NCC(F)(F)F)Nc1ncccc1Cl. The Morgan fingerprint density at radius 3 is 2.75 bits per heavy atom. The molecule has 16 heavy (non-hydrogen) atoms. The third kappa shape index (κ3) is 4.35. The molecule has 2 amide bonds. The molecule has 0 aromatic carbocycles. The van der Waals surface area contributed by atoms with Crippen LogP contribution < -0.4 is 10.6 Å². The fourth-order valence-corrected chi connectivity index (χ4v) is 0.979. The fraction of sp³-hybridized carbons (Fsp3) is 0.250. The van der Waals surface area contributed by atoms with Crippen molar-refractivity contribution in [2.24, 2.45) is 0 Å². The minimum absolute atomic E-state index is 0.00356. The molecule has 0 unspecified atom stereocenters. The van der Waals surface area contributed by atoms with Crippen LogP contribution in [0.1, 0.15) is 0 Å². The fourth-order valence-electron chi connectivity index (χ4n) is 0.810. The van der Waals surface area contributed by atoms with E-state index in [4.69, 9.17) is 11.6 Å². The predicted octanol–water partition coefficient (Wildman–Crippen LogP) is 2.42. The summed E-state index contributed by atoms with van der Waals surface area (Å²) in [4.78, 5) is 14.7. The van der Waals surface area contributed by atoms with Crippen molar-refractivity contribution in [3.05, 3.63) is 23.4 Å². The van der Waals surface area contributed by atoms with Crippen molar-refractivity contribution in [1.29, 1.82) is 0 Å². The lowest BCUT2D eigenvalue weighted by atomic mass is 10.4. The molecular formula is C8H7ClF3N3O. The Hall–Kier alpha value is -1.50. The van der Waals surface area contributed by atoms with Gasteiger partial charge in [0, 0.05) is 6.20 Å². The summed E-state index contributed by atoms with van der Waals surface area (Å²) in [5, 5.41) is 3.86. The van der Waals surface area contributed by atoms with Crippen LogP contribution in [0.4, 0.5) is 23.8 Å². The second kappa shape index (κ2) is 5.02. The third-order valence-electron chi connectivity index (χ3n) is 1.44. The molecule has 2 N–H and O–H groups in total. The Labute approximate surface area is 93.8 Å². The second-order valence-electron chi connectivity index (χ2n) is 2.76. The van der Waals surface area contributed by atoms with Crippen LogP contribution in [0, 0.1) is 0 Å². The average Bonchev–Trinajstić information content (AvgIpc) is 2.18. The minimum Gasteiger partial charge on any atom is -0.329 e. The number of rotatable bonds is 2. The maximum atomic E-state index is 11.7. The van der Waals surface area contributed by atoms with E-state index in [2.05, 4.69) is 10.3 Å². The van der Waals surface area contributed by atoms with Gasteiger partial charge in [-0.25, -0.2) is 9.78 Å². The highest BCUT2D eigenvalue weighted by molar-refractivity contribution is 6.33. The van der Waals surface area contributed by atoms with Gasteiger partial charge >= 0.3 is 12.2 Å². The monoisotopic (exact) mass is 253 g/mol. The van der Waals surface area contributed by atoms with Crippen LogP contribution >= 0.6 is 11.6 Å². The molecule has 0 aliphatic rings. The molecule has 0 saturated heterocycles. The number of pyridine rings is 1. The topological polar surface area (TPSA) is 54.0 Å². The summed E-state index contributed by atoms with van der Waals surface area (Å²) in [5.74, 6) is 0.00356. The van der Waals surface area contributed by atoms with E-state index in [0.29, 0.717) is 0 Å². The van der Waals surface area contributed by atoms with E-state index in [1.807, 2.05) is 0 Å². The Morgan fingerprint density at radius 2 is 2.19 bits per heavy atom. The van der Waals surface area contributed by atoms with Crippen LogP contribution in [0.3, 0.4) is 0 Å². The lowest BCUT2D eigenvalue weighted by Gasteiger charge is -2.09. The number of halogens is 4. The van der Waals surface area contributed by atoms with E-state index in [1.54, 1.807) is 5.32 Å². The van der Waals surface area contributed by atoms with Crippen LogP contribution in [0.2, 0.25) is 5.02 Å². The molecule has 0 aliphatic carbocycles. The summed E-state index contributed by atoms with van der Waals surface area (Å²) in [6.07, 6.45) is -3.10. The Bertz CT molecular complexity index is 383. The number of nitrogens with one attached hydrogen (secondary N) is 2. The van der Waals surface area contributed by atoms with Gasteiger partial charge < -0.3 is 5.32 Å². The Kier molecular flexibility index (Phi) is 3.94. The summed E-state index contributed by atoms with van der Waals surface area (Å²) < 4.78 is 35.2. The van der Waals surface area contributed by atoms with Gasteiger partial charge in [-0.1, -0.05) is 11.6 Å². The van der Waals surface area contributed by atoms with Crippen molar-refractivity contribution in [3.63, 3.8) is 0 Å². The third-order valence-corrected chi connectivity index (χ3v) is 1.74. The van der Waals surface area contributed by atoms with Gasteiger partial charge in [0.1, 0.15) is 6.54 Å². The second-order valence-corrected chi connectivity index (χ2v) is 3.16. The first kappa shape index (κ1) is 12.6. The zero-order chi connectivity index (χ0) is 12.2. The summed E-state index contributed by atoms with van der Waals surface area (Å²) in [6.45, 7) is -1.41. The van der Waals surface area contributed by atoms with Crippen molar-refractivity contribution in [3.8, 4) is 0 Å². The molecule has 1 aromatic heterocycles. The van der Waals surface area contributed by atoms with Crippen molar-refractivity contribution in [2.45, 2.75) is 6.18 Å². The van der Waals surface area contributed by atoms with Gasteiger partial charge in [0.15, 0.2) is 5.82 Å². The number of amides is 2. The van der Waals surface area contributed by atoms with E-state index < -0.39 is 18.8 Å². The van der Waals surface area contributed by atoms with Crippen LogP contribution in [-0.4, -0.2) is 23.7 Å². The number of anilines is 1. The Balaban J connectivity index is 2.50. The van der Waals surface area contributed by atoms with Gasteiger partial charge in [-0.3, -0.25) is 5.32 Å². The molecule has 0 radical (unpaired) electrons. The highest BCUT2D eigenvalue weighted by atomic mass is 35.5. The van der Waals surface area contributed by atoms with Crippen molar-refractivity contribution in [1.82, 2.24) is 10.3 Å². The first-order valence-electron chi connectivity index (χ1n) is 4.10. The molecule has 1 rings (SSSR count). The Morgan fingerprint density at radius 1 is 1.50 bits per heavy atom. The van der Waals surface area contributed by atoms with Crippen molar-refractivity contribution < 1.29 is 18.0 Å². The zero-order valence-corrected chi connectivity index (χ0v) is 8.56. The standard InChI is InChI=1S/C8H7ClF3N3O/c9-5-2-1-3-13-6(5)15-7(16)14-4-8(10,11)12/h1-3H,4H2,(H2,13,14,15,16). The van der Waals surface area contributed by atoms with E-state index in [0.717, 1.165) is 0 Å². The zero-order valence-electron chi connectivity index (χ0n) is 7.81. The van der Waals surface area contributed by atoms with E-state index >= 15 is 0 Å². The quantitative estimate of drug-likeness (QED) is 0.850. The summed E-state index contributed by atoms with van der Waals surface area (Å²) in [6, 6.07) is 1.97. The number of carbonyl (C=O) groups excluding carboxylic acids is 1. The molecule has 1 heterocycles. The largest absolute Gasteiger partial charge is 0.405 e. The number of urea groups is 1. The molecule has 0 bridgehead atoms. The molecule has 0 aliphatic heterocycles.